The highest BCUT2D eigenvalue weighted by atomic mass is 19.1. The summed E-state index contributed by atoms with van der Waals surface area (Å²) in [5.74, 6) is 0.211. The minimum Gasteiger partial charge on any atom is -0.396 e. The Morgan fingerprint density at radius 1 is 1.20 bits per heavy atom. The average Bonchev–Trinajstić information content (AvgIpc) is 2.47. The first-order chi connectivity index (χ1) is 9.67. The van der Waals surface area contributed by atoms with Crippen molar-refractivity contribution < 1.29 is 14.3 Å². The van der Waals surface area contributed by atoms with E-state index >= 15 is 0 Å². The minimum absolute atomic E-state index is 0.0572. The van der Waals surface area contributed by atoms with Gasteiger partial charge in [0, 0.05) is 19.1 Å². The van der Waals surface area contributed by atoms with Crippen LogP contribution in [0.3, 0.4) is 0 Å². The predicted molar refractivity (Wildman–Crippen MR) is 75.7 cm³/mol. The number of nitrogens with one attached hydrogen (secondary N) is 1. The molecule has 110 valence electrons. The fraction of sp³-hybridized carbons (Fsp3) is 0.562. The van der Waals surface area contributed by atoms with Crippen molar-refractivity contribution in [3.8, 4) is 0 Å². The molecule has 0 unspecified atom stereocenters. The number of carbonyl (C=O) groups is 1. The van der Waals surface area contributed by atoms with Gasteiger partial charge in [0.15, 0.2) is 0 Å². The normalized spacial score (nSPS) is 22.5. The van der Waals surface area contributed by atoms with E-state index in [0.717, 1.165) is 31.2 Å². The molecule has 0 aromatic heterocycles. The molecular formula is C16H22FNO2. The summed E-state index contributed by atoms with van der Waals surface area (Å²) in [4.78, 5) is 11.9. The number of benzene rings is 1. The van der Waals surface area contributed by atoms with Gasteiger partial charge in [0.2, 0.25) is 5.91 Å². The van der Waals surface area contributed by atoms with Crippen molar-refractivity contribution in [1.82, 2.24) is 5.32 Å². The van der Waals surface area contributed by atoms with Crippen molar-refractivity contribution >= 4 is 5.91 Å². The molecule has 1 aromatic carbocycles. The fourth-order valence-electron chi connectivity index (χ4n) is 2.70. The zero-order valence-electron chi connectivity index (χ0n) is 11.6. The highest BCUT2D eigenvalue weighted by molar-refractivity contribution is 5.76. The van der Waals surface area contributed by atoms with E-state index in [0.29, 0.717) is 18.8 Å². The van der Waals surface area contributed by atoms with Crippen LogP contribution in [-0.2, 0) is 11.2 Å². The lowest BCUT2D eigenvalue weighted by atomic mass is 9.86. The predicted octanol–water partition coefficient (Wildman–Crippen LogP) is 2.43. The molecule has 2 N–H and O–H groups in total. The third-order valence-corrected chi connectivity index (χ3v) is 4.02. The van der Waals surface area contributed by atoms with Crippen LogP contribution in [-0.4, -0.2) is 23.7 Å². The zero-order chi connectivity index (χ0) is 14.4. The molecule has 0 radical (unpaired) electrons. The van der Waals surface area contributed by atoms with Gasteiger partial charge in [-0.25, -0.2) is 4.39 Å². The maximum absolute atomic E-state index is 12.8. The molecule has 1 saturated carbocycles. The van der Waals surface area contributed by atoms with Crippen molar-refractivity contribution in [2.45, 2.75) is 44.6 Å². The highest BCUT2D eigenvalue weighted by Crippen LogP contribution is 2.23. The van der Waals surface area contributed by atoms with E-state index in [4.69, 9.17) is 5.11 Å². The summed E-state index contributed by atoms with van der Waals surface area (Å²) in [6.07, 6.45) is 4.95. The molecule has 3 nitrogen and oxygen atoms in total. The summed E-state index contributed by atoms with van der Waals surface area (Å²) in [5.41, 5.74) is 0.977. The monoisotopic (exact) mass is 279 g/mol. The van der Waals surface area contributed by atoms with Crippen LogP contribution in [0.1, 0.15) is 37.7 Å². The van der Waals surface area contributed by atoms with E-state index in [9.17, 15) is 9.18 Å². The molecule has 20 heavy (non-hydrogen) atoms. The van der Waals surface area contributed by atoms with E-state index in [1.54, 1.807) is 12.1 Å². The van der Waals surface area contributed by atoms with Crippen molar-refractivity contribution in [2.24, 2.45) is 5.92 Å². The number of hydrogen-bond acceptors (Lipinski definition) is 2. The summed E-state index contributed by atoms with van der Waals surface area (Å²) in [6, 6.07) is 6.52. The Labute approximate surface area is 119 Å². The Bertz CT molecular complexity index is 425. The van der Waals surface area contributed by atoms with Crippen LogP contribution in [0.2, 0.25) is 0 Å². The standard InChI is InChI=1S/C16H22FNO2/c17-14-6-1-12(2-7-14)5-10-16(20)18-15-8-3-13(11-19)4-9-15/h1-2,6-7,13,15,19H,3-5,8-11H2,(H,18,20). The highest BCUT2D eigenvalue weighted by Gasteiger charge is 2.21. The van der Waals surface area contributed by atoms with Crippen LogP contribution < -0.4 is 5.32 Å². The topological polar surface area (TPSA) is 49.3 Å². The first-order valence-corrected chi connectivity index (χ1v) is 7.32. The summed E-state index contributed by atoms with van der Waals surface area (Å²) < 4.78 is 12.8. The van der Waals surface area contributed by atoms with Crippen molar-refractivity contribution in [2.75, 3.05) is 6.61 Å². The lowest BCUT2D eigenvalue weighted by Crippen LogP contribution is -2.38. The number of aliphatic hydroxyl groups is 1. The van der Waals surface area contributed by atoms with Crippen molar-refractivity contribution in [3.63, 3.8) is 0 Å². The van der Waals surface area contributed by atoms with Gasteiger partial charge in [-0.3, -0.25) is 4.79 Å². The Kier molecular flexibility index (Phi) is 5.53. The summed E-state index contributed by atoms with van der Waals surface area (Å²) in [6.45, 7) is 0.255. The SMILES string of the molecule is O=C(CCc1ccc(F)cc1)NC1CCC(CO)CC1. The Balaban J connectivity index is 1.69. The number of carbonyl (C=O) groups excluding carboxylic acids is 1. The van der Waals surface area contributed by atoms with Gasteiger partial charge < -0.3 is 10.4 Å². The maximum Gasteiger partial charge on any atom is 0.220 e. The van der Waals surface area contributed by atoms with Crippen molar-refractivity contribution in [3.05, 3.63) is 35.6 Å². The van der Waals surface area contributed by atoms with E-state index in [-0.39, 0.29) is 24.4 Å². The zero-order valence-corrected chi connectivity index (χ0v) is 11.6. The van der Waals surface area contributed by atoms with E-state index in [2.05, 4.69) is 5.32 Å². The van der Waals surface area contributed by atoms with E-state index in [1.165, 1.54) is 12.1 Å². The first-order valence-electron chi connectivity index (χ1n) is 7.32. The molecule has 0 bridgehead atoms. The first kappa shape index (κ1) is 15.0. The number of aryl methyl sites for hydroxylation is 1. The molecule has 1 fully saturated rings. The summed E-state index contributed by atoms with van der Waals surface area (Å²) >= 11 is 0. The lowest BCUT2D eigenvalue weighted by Gasteiger charge is -2.27. The van der Waals surface area contributed by atoms with Crippen LogP contribution >= 0.6 is 0 Å². The number of amides is 1. The van der Waals surface area contributed by atoms with Crippen molar-refractivity contribution in [1.29, 1.82) is 0 Å². The Morgan fingerprint density at radius 3 is 2.45 bits per heavy atom. The second-order valence-electron chi connectivity index (χ2n) is 5.59. The van der Waals surface area contributed by atoms with Crippen LogP contribution in [0.4, 0.5) is 4.39 Å². The third-order valence-electron chi connectivity index (χ3n) is 4.02. The number of rotatable bonds is 5. The second kappa shape index (κ2) is 7.39. The molecular weight excluding hydrogens is 257 g/mol. The quantitative estimate of drug-likeness (QED) is 0.869. The number of aliphatic hydroxyl groups excluding tert-OH is 1. The fourth-order valence-corrected chi connectivity index (χ4v) is 2.70. The van der Waals surface area contributed by atoms with Crippen LogP contribution in [0, 0.1) is 11.7 Å². The lowest BCUT2D eigenvalue weighted by molar-refractivity contribution is -0.122. The third kappa shape index (κ3) is 4.60. The second-order valence-corrected chi connectivity index (χ2v) is 5.59. The molecule has 1 amide bonds. The average molecular weight is 279 g/mol. The summed E-state index contributed by atoms with van der Waals surface area (Å²) in [7, 11) is 0. The largest absolute Gasteiger partial charge is 0.396 e. The van der Waals surface area contributed by atoms with Gasteiger partial charge in [-0.05, 0) is 55.7 Å². The molecule has 1 aliphatic rings. The molecule has 2 rings (SSSR count). The molecule has 4 heteroatoms. The van der Waals surface area contributed by atoms with Gasteiger partial charge in [0.05, 0.1) is 0 Å². The molecule has 0 saturated heterocycles. The molecule has 0 heterocycles. The molecule has 0 spiro atoms. The maximum atomic E-state index is 12.8. The summed E-state index contributed by atoms with van der Waals surface area (Å²) in [5, 5.41) is 12.1. The van der Waals surface area contributed by atoms with Gasteiger partial charge in [0.25, 0.3) is 0 Å². The van der Waals surface area contributed by atoms with Gasteiger partial charge in [0.1, 0.15) is 5.82 Å². The molecule has 0 atom stereocenters. The molecule has 1 aliphatic carbocycles. The van der Waals surface area contributed by atoms with Crippen LogP contribution in [0.25, 0.3) is 0 Å². The van der Waals surface area contributed by atoms with E-state index < -0.39 is 0 Å². The van der Waals surface area contributed by atoms with Crippen LogP contribution in [0.5, 0.6) is 0 Å². The number of hydrogen-bond donors (Lipinski definition) is 2. The Morgan fingerprint density at radius 2 is 1.85 bits per heavy atom. The van der Waals surface area contributed by atoms with Gasteiger partial charge in [-0.15, -0.1) is 0 Å². The molecule has 0 aliphatic heterocycles. The van der Waals surface area contributed by atoms with E-state index in [1.807, 2.05) is 0 Å². The van der Waals surface area contributed by atoms with Crippen LogP contribution in [0.15, 0.2) is 24.3 Å². The Hall–Kier alpha value is -1.42. The van der Waals surface area contributed by atoms with Gasteiger partial charge >= 0.3 is 0 Å². The number of halogens is 1. The van der Waals surface area contributed by atoms with Gasteiger partial charge in [-0.1, -0.05) is 12.1 Å². The van der Waals surface area contributed by atoms with Gasteiger partial charge in [-0.2, -0.15) is 0 Å². The smallest absolute Gasteiger partial charge is 0.220 e. The minimum atomic E-state index is -0.251. The molecule has 1 aromatic rings.